The summed E-state index contributed by atoms with van der Waals surface area (Å²) >= 11 is 0. The molecule has 0 fully saturated rings. The number of carbonyl (C=O) groups excluding carboxylic acids is 1. The fourth-order valence-electron chi connectivity index (χ4n) is 1.66. The second kappa shape index (κ2) is 7.91. The number of hydrogen-bond donors (Lipinski definition) is 1. The summed E-state index contributed by atoms with van der Waals surface area (Å²) < 4.78 is 77.0. The zero-order valence-corrected chi connectivity index (χ0v) is 12.7. The summed E-state index contributed by atoms with van der Waals surface area (Å²) in [5.41, 5.74) is -1.95. The maximum atomic E-state index is 12.3. The lowest BCUT2D eigenvalue weighted by Gasteiger charge is -2.10. The predicted octanol–water partition coefficient (Wildman–Crippen LogP) is 5.04. The Bertz CT molecular complexity index is 722. The van der Waals surface area contributed by atoms with Crippen molar-refractivity contribution in [1.29, 1.82) is 0 Å². The van der Waals surface area contributed by atoms with Crippen LogP contribution in [0.1, 0.15) is 18.1 Å². The maximum absolute atomic E-state index is 12.3. The third-order valence-corrected chi connectivity index (χ3v) is 2.66. The van der Waals surface area contributed by atoms with E-state index in [2.05, 4.69) is 4.74 Å². The average molecular weight is 366 g/mol. The molecule has 0 aliphatic carbocycles. The third-order valence-electron chi connectivity index (χ3n) is 2.66. The lowest BCUT2D eigenvalue weighted by molar-refractivity contribution is -0.142. The summed E-state index contributed by atoms with van der Waals surface area (Å²) in [5, 5.41) is 8.73. The smallest absolute Gasteiger partial charge is 0.419 e. The molecule has 0 heterocycles. The van der Waals surface area contributed by atoms with Crippen molar-refractivity contribution in [3.8, 4) is 11.5 Å². The average Bonchev–Trinajstić information content (AvgIpc) is 2.46. The van der Waals surface area contributed by atoms with E-state index in [0.717, 1.165) is 31.2 Å². The number of carbonyl (C=O) groups is 1. The molecule has 0 radical (unpaired) electrons. The minimum absolute atomic E-state index is 0.465. The maximum Gasteiger partial charge on any atom is 0.419 e. The molecule has 2 aromatic rings. The highest BCUT2D eigenvalue weighted by Crippen LogP contribution is 2.36. The number of alkyl halides is 6. The molecule has 9 heteroatoms. The van der Waals surface area contributed by atoms with Gasteiger partial charge in [0.05, 0.1) is 11.1 Å². The molecule has 0 aliphatic heterocycles. The van der Waals surface area contributed by atoms with Gasteiger partial charge < -0.3 is 9.84 Å². The zero-order valence-electron chi connectivity index (χ0n) is 12.7. The standard InChI is InChI=1S/C9H7F3O2.C7H5F3O/c1-6(13)14-8-5-3-2-4-7(8)9(10,11)12;8-7(9,10)5-3-1-2-4-6(5)11/h2-5H,1H3;1-4,11H. The van der Waals surface area contributed by atoms with Crippen LogP contribution >= 0.6 is 0 Å². The Kier molecular flexibility index (Phi) is 6.43. The van der Waals surface area contributed by atoms with E-state index in [1.54, 1.807) is 0 Å². The topological polar surface area (TPSA) is 46.5 Å². The van der Waals surface area contributed by atoms with E-state index in [-0.39, 0.29) is 0 Å². The number of rotatable bonds is 1. The number of hydrogen-bond acceptors (Lipinski definition) is 3. The molecule has 0 aliphatic rings. The van der Waals surface area contributed by atoms with Gasteiger partial charge in [-0.15, -0.1) is 0 Å². The van der Waals surface area contributed by atoms with Crippen molar-refractivity contribution in [2.75, 3.05) is 0 Å². The molecule has 0 unspecified atom stereocenters. The van der Waals surface area contributed by atoms with Gasteiger partial charge in [0, 0.05) is 6.92 Å². The minimum Gasteiger partial charge on any atom is -0.507 e. The quantitative estimate of drug-likeness (QED) is 0.437. The molecule has 1 N–H and O–H groups in total. The van der Waals surface area contributed by atoms with Gasteiger partial charge in [0.2, 0.25) is 0 Å². The van der Waals surface area contributed by atoms with Crippen LogP contribution in [0.15, 0.2) is 48.5 Å². The number of esters is 1. The van der Waals surface area contributed by atoms with E-state index in [4.69, 9.17) is 5.11 Å². The molecule has 136 valence electrons. The molecular weight excluding hydrogens is 354 g/mol. The molecule has 2 rings (SSSR count). The van der Waals surface area contributed by atoms with Crippen molar-refractivity contribution in [3.05, 3.63) is 59.7 Å². The van der Waals surface area contributed by atoms with Gasteiger partial charge in [0.25, 0.3) is 0 Å². The number of ether oxygens (including phenoxy) is 1. The Morgan fingerprint density at radius 1 is 0.840 bits per heavy atom. The number of para-hydroxylation sites is 2. The van der Waals surface area contributed by atoms with E-state index in [0.29, 0.717) is 0 Å². The molecule has 0 bridgehead atoms. The molecule has 0 atom stereocenters. The third kappa shape index (κ3) is 6.36. The Morgan fingerprint density at radius 3 is 1.68 bits per heavy atom. The first-order chi connectivity index (χ1) is 11.4. The van der Waals surface area contributed by atoms with Crippen LogP contribution in [0.4, 0.5) is 26.3 Å². The van der Waals surface area contributed by atoms with Crippen molar-refractivity contribution >= 4 is 5.97 Å². The molecule has 0 spiro atoms. The van der Waals surface area contributed by atoms with Crippen molar-refractivity contribution in [2.45, 2.75) is 19.3 Å². The highest BCUT2D eigenvalue weighted by atomic mass is 19.4. The van der Waals surface area contributed by atoms with Crippen LogP contribution in [-0.4, -0.2) is 11.1 Å². The van der Waals surface area contributed by atoms with Gasteiger partial charge in [-0.1, -0.05) is 24.3 Å². The normalized spacial score (nSPS) is 11.3. The van der Waals surface area contributed by atoms with E-state index in [9.17, 15) is 31.1 Å². The fourth-order valence-corrected chi connectivity index (χ4v) is 1.66. The predicted molar refractivity (Wildman–Crippen MR) is 75.9 cm³/mol. The zero-order chi connectivity index (χ0) is 19.3. The van der Waals surface area contributed by atoms with Gasteiger partial charge >= 0.3 is 18.3 Å². The molecular formula is C16H12F6O3. The Morgan fingerprint density at radius 2 is 1.28 bits per heavy atom. The van der Waals surface area contributed by atoms with Crippen LogP contribution in [0.5, 0.6) is 11.5 Å². The van der Waals surface area contributed by atoms with Gasteiger partial charge in [0.15, 0.2) is 0 Å². The van der Waals surface area contributed by atoms with Crippen molar-refractivity contribution < 1.29 is 41.0 Å². The van der Waals surface area contributed by atoms with E-state index < -0.39 is 40.9 Å². The van der Waals surface area contributed by atoms with Crippen LogP contribution in [0.2, 0.25) is 0 Å². The van der Waals surface area contributed by atoms with Gasteiger partial charge in [-0.3, -0.25) is 4.79 Å². The highest BCUT2D eigenvalue weighted by molar-refractivity contribution is 5.69. The Balaban J connectivity index is 0.000000257. The van der Waals surface area contributed by atoms with Crippen molar-refractivity contribution in [3.63, 3.8) is 0 Å². The van der Waals surface area contributed by atoms with E-state index in [1.807, 2.05) is 0 Å². The summed E-state index contributed by atoms with van der Waals surface area (Å²) in [6.45, 7) is 1.05. The van der Waals surface area contributed by atoms with E-state index in [1.165, 1.54) is 24.3 Å². The van der Waals surface area contributed by atoms with Crippen LogP contribution in [0, 0.1) is 0 Å². The highest BCUT2D eigenvalue weighted by Gasteiger charge is 2.34. The molecule has 2 aromatic carbocycles. The van der Waals surface area contributed by atoms with Gasteiger partial charge in [-0.25, -0.2) is 0 Å². The van der Waals surface area contributed by atoms with Gasteiger partial charge in [-0.2, -0.15) is 26.3 Å². The first kappa shape index (κ1) is 20.3. The first-order valence-corrected chi connectivity index (χ1v) is 6.62. The molecule has 0 amide bonds. The van der Waals surface area contributed by atoms with Crippen molar-refractivity contribution in [2.24, 2.45) is 0 Å². The number of benzene rings is 2. The Hall–Kier alpha value is -2.71. The van der Waals surface area contributed by atoms with Crippen LogP contribution in [-0.2, 0) is 17.1 Å². The number of phenolic OH excluding ortho intramolecular Hbond substituents is 1. The van der Waals surface area contributed by atoms with Crippen LogP contribution < -0.4 is 4.74 Å². The SMILES string of the molecule is CC(=O)Oc1ccccc1C(F)(F)F.Oc1ccccc1C(F)(F)F. The summed E-state index contributed by atoms with van der Waals surface area (Å²) in [7, 11) is 0. The summed E-state index contributed by atoms with van der Waals surface area (Å²) in [6, 6.07) is 8.96. The monoisotopic (exact) mass is 366 g/mol. The summed E-state index contributed by atoms with van der Waals surface area (Å²) in [4.78, 5) is 10.5. The van der Waals surface area contributed by atoms with Gasteiger partial charge in [-0.05, 0) is 24.3 Å². The fraction of sp³-hybridized carbons (Fsp3) is 0.188. The Labute approximate surface area is 138 Å². The largest absolute Gasteiger partial charge is 0.507 e. The second-order valence-corrected chi connectivity index (χ2v) is 4.60. The van der Waals surface area contributed by atoms with E-state index >= 15 is 0 Å². The lowest BCUT2D eigenvalue weighted by atomic mass is 10.2. The van der Waals surface area contributed by atoms with Gasteiger partial charge in [0.1, 0.15) is 11.5 Å². The lowest BCUT2D eigenvalue weighted by Crippen LogP contribution is -2.10. The number of aromatic hydroxyl groups is 1. The first-order valence-electron chi connectivity index (χ1n) is 6.62. The number of phenols is 1. The summed E-state index contributed by atoms with van der Waals surface area (Å²) in [6.07, 6.45) is -8.97. The molecule has 0 aromatic heterocycles. The minimum atomic E-state index is -4.51. The summed E-state index contributed by atoms with van der Waals surface area (Å²) in [5.74, 6) is -1.98. The number of halogens is 6. The van der Waals surface area contributed by atoms with Crippen molar-refractivity contribution in [1.82, 2.24) is 0 Å². The molecule has 0 saturated carbocycles. The van der Waals surface area contributed by atoms with Crippen LogP contribution in [0.3, 0.4) is 0 Å². The van der Waals surface area contributed by atoms with Crippen LogP contribution in [0.25, 0.3) is 0 Å². The molecule has 25 heavy (non-hydrogen) atoms. The molecule has 0 saturated heterocycles. The second-order valence-electron chi connectivity index (χ2n) is 4.60. The molecule has 3 nitrogen and oxygen atoms in total.